The van der Waals surface area contributed by atoms with Crippen LogP contribution in [-0.4, -0.2) is 23.2 Å². The first-order chi connectivity index (χ1) is 11.4. The van der Waals surface area contributed by atoms with Crippen molar-refractivity contribution in [1.29, 1.82) is 0 Å². The van der Waals surface area contributed by atoms with Crippen molar-refractivity contribution in [3.63, 3.8) is 0 Å². The Kier molecular flexibility index (Phi) is 4.25. The second kappa shape index (κ2) is 6.21. The van der Waals surface area contributed by atoms with Crippen molar-refractivity contribution < 1.29 is 12.8 Å². The van der Waals surface area contributed by atoms with Crippen LogP contribution in [0.5, 0.6) is 0 Å². The van der Waals surface area contributed by atoms with Crippen LogP contribution in [0.25, 0.3) is 5.69 Å². The number of rotatable bonds is 4. The average Bonchev–Trinajstić information content (AvgIpc) is 2.99. The summed E-state index contributed by atoms with van der Waals surface area (Å²) >= 11 is 5.88. The van der Waals surface area contributed by atoms with E-state index in [2.05, 4.69) is 14.9 Å². The summed E-state index contributed by atoms with van der Waals surface area (Å²) in [5, 5.41) is 7.29. The first kappa shape index (κ1) is 16.4. The first-order valence-corrected chi connectivity index (χ1v) is 8.68. The van der Waals surface area contributed by atoms with E-state index < -0.39 is 15.8 Å². The topological polar surface area (TPSA) is 76.9 Å². The van der Waals surface area contributed by atoms with E-state index in [0.29, 0.717) is 5.69 Å². The molecule has 0 fully saturated rings. The number of halogens is 2. The van der Waals surface area contributed by atoms with Crippen molar-refractivity contribution in [3.8, 4) is 5.69 Å². The Balaban J connectivity index is 2.00. The first-order valence-electron chi connectivity index (χ1n) is 6.82. The average molecular weight is 367 g/mol. The number of sulfonamides is 1. The number of nitrogens with zero attached hydrogens (tertiary/aromatic N) is 3. The van der Waals surface area contributed by atoms with Gasteiger partial charge in [0, 0.05) is 0 Å². The smallest absolute Gasteiger partial charge is 0.265 e. The van der Waals surface area contributed by atoms with Crippen molar-refractivity contribution in [2.24, 2.45) is 0 Å². The highest BCUT2D eigenvalue weighted by atomic mass is 35.5. The molecule has 24 heavy (non-hydrogen) atoms. The Hall–Kier alpha value is -2.45. The third-order valence-electron chi connectivity index (χ3n) is 3.31. The van der Waals surface area contributed by atoms with E-state index in [1.807, 2.05) is 6.07 Å². The Bertz CT molecular complexity index is 990. The van der Waals surface area contributed by atoms with Crippen molar-refractivity contribution in [2.45, 2.75) is 11.8 Å². The second-order valence-electron chi connectivity index (χ2n) is 5.00. The molecular weight excluding hydrogens is 355 g/mol. The molecule has 3 rings (SSSR count). The van der Waals surface area contributed by atoms with Gasteiger partial charge in [-0.15, -0.1) is 10.2 Å². The molecule has 0 saturated heterocycles. The molecule has 0 saturated carbocycles. The molecule has 9 heteroatoms. The van der Waals surface area contributed by atoms with Crippen molar-refractivity contribution in [3.05, 3.63) is 65.2 Å². The maximum Gasteiger partial charge on any atom is 0.265 e. The molecule has 0 radical (unpaired) electrons. The summed E-state index contributed by atoms with van der Waals surface area (Å²) in [6.07, 6.45) is 1.38. The van der Waals surface area contributed by atoms with Gasteiger partial charge in [0.2, 0.25) is 5.95 Å². The van der Waals surface area contributed by atoms with Gasteiger partial charge >= 0.3 is 0 Å². The lowest BCUT2D eigenvalue weighted by Crippen LogP contribution is -2.17. The fourth-order valence-corrected chi connectivity index (χ4v) is 3.69. The number of hydrogen-bond donors (Lipinski definition) is 1. The lowest BCUT2D eigenvalue weighted by Gasteiger charge is -2.11. The molecule has 6 nitrogen and oxygen atoms in total. The minimum Gasteiger partial charge on any atom is -0.267 e. The zero-order chi connectivity index (χ0) is 17.3. The summed E-state index contributed by atoms with van der Waals surface area (Å²) in [4.78, 5) is -0.231. The number of anilines is 1. The largest absolute Gasteiger partial charge is 0.267 e. The third kappa shape index (κ3) is 3.10. The maximum absolute atomic E-state index is 13.5. The molecule has 0 atom stereocenters. The van der Waals surface area contributed by atoms with Crippen LogP contribution in [-0.2, 0) is 10.0 Å². The van der Waals surface area contributed by atoms with Gasteiger partial charge in [0.15, 0.2) is 0 Å². The van der Waals surface area contributed by atoms with Gasteiger partial charge in [-0.05, 0) is 36.8 Å². The van der Waals surface area contributed by atoms with Gasteiger partial charge in [0.05, 0.1) is 10.7 Å². The van der Waals surface area contributed by atoms with Gasteiger partial charge < -0.3 is 0 Å². The molecule has 0 amide bonds. The lowest BCUT2D eigenvalue weighted by molar-refractivity contribution is 0.598. The number of aromatic nitrogens is 3. The van der Waals surface area contributed by atoms with Crippen molar-refractivity contribution >= 4 is 27.6 Å². The highest BCUT2D eigenvalue weighted by Gasteiger charge is 2.22. The number of nitrogens with one attached hydrogen (secondary N) is 1. The van der Waals surface area contributed by atoms with E-state index in [9.17, 15) is 12.8 Å². The quantitative estimate of drug-likeness (QED) is 0.769. The standard InChI is InChI=1S/C15H12ClFN4O2S/c1-10-7-14(12(16)8-13(10)17)24(22,23)20-15-19-18-9-21(15)11-5-3-2-4-6-11/h2-9H,1H3,(H,19,20). The Morgan fingerprint density at radius 2 is 1.92 bits per heavy atom. The number of hydrogen-bond acceptors (Lipinski definition) is 4. The molecule has 2 aromatic carbocycles. The molecular formula is C15H12ClFN4O2S. The van der Waals surface area contributed by atoms with Gasteiger partial charge in [-0.2, -0.15) is 0 Å². The van der Waals surface area contributed by atoms with Crippen molar-refractivity contribution in [1.82, 2.24) is 14.8 Å². The SMILES string of the molecule is Cc1cc(S(=O)(=O)Nc2nncn2-c2ccccc2)c(Cl)cc1F. The van der Waals surface area contributed by atoms with Crippen LogP contribution in [0.1, 0.15) is 5.56 Å². The zero-order valence-corrected chi connectivity index (χ0v) is 14.0. The summed E-state index contributed by atoms with van der Waals surface area (Å²) < 4.78 is 42.4. The van der Waals surface area contributed by atoms with E-state index >= 15 is 0 Å². The molecule has 0 bridgehead atoms. The van der Waals surface area contributed by atoms with E-state index in [0.717, 1.165) is 6.07 Å². The van der Waals surface area contributed by atoms with Gasteiger partial charge in [-0.3, -0.25) is 4.57 Å². The van der Waals surface area contributed by atoms with Gasteiger partial charge in [0.25, 0.3) is 10.0 Å². The normalized spacial score (nSPS) is 11.5. The molecule has 0 unspecified atom stereocenters. The Morgan fingerprint density at radius 3 is 2.62 bits per heavy atom. The fourth-order valence-electron chi connectivity index (χ4n) is 2.09. The second-order valence-corrected chi connectivity index (χ2v) is 7.06. The number of benzene rings is 2. The molecule has 1 N–H and O–H groups in total. The molecule has 1 heterocycles. The Labute approximate surface area is 143 Å². The van der Waals surface area contributed by atoms with Crippen LogP contribution in [0.2, 0.25) is 5.02 Å². The molecule has 0 aliphatic rings. The van der Waals surface area contributed by atoms with Crippen LogP contribution in [0.4, 0.5) is 10.3 Å². The summed E-state index contributed by atoms with van der Waals surface area (Å²) in [6, 6.07) is 11.1. The maximum atomic E-state index is 13.5. The van der Waals surface area contributed by atoms with Crippen LogP contribution in [0.3, 0.4) is 0 Å². The van der Waals surface area contributed by atoms with Gasteiger partial charge in [-0.25, -0.2) is 17.5 Å². The monoisotopic (exact) mass is 366 g/mol. The van der Waals surface area contributed by atoms with Crippen LogP contribution < -0.4 is 4.72 Å². The van der Waals surface area contributed by atoms with Gasteiger partial charge in [0.1, 0.15) is 17.0 Å². The Morgan fingerprint density at radius 1 is 1.21 bits per heavy atom. The zero-order valence-electron chi connectivity index (χ0n) is 12.4. The molecule has 0 spiro atoms. The van der Waals surface area contributed by atoms with Crippen molar-refractivity contribution in [2.75, 3.05) is 4.72 Å². The number of para-hydroxylation sites is 1. The molecule has 3 aromatic rings. The van der Waals surface area contributed by atoms with Gasteiger partial charge in [-0.1, -0.05) is 29.8 Å². The van der Waals surface area contributed by atoms with Crippen LogP contribution in [0.15, 0.2) is 53.7 Å². The third-order valence-corrected chi connectivity index (χ3v) is 5.10. The summed E-state index contributed by atoms with van der Waals surface area (Å²) in [5.41, 5.74) is 0.853. The molecule has 0 aliphatic carbocycles. The lowest BCUT2D eigenvalue weighted by atomic mass is 10.2. The summed E-state index contributed by atoms with van der Waals surface area (Å²) in [5.74, 6) is -0.578. The summed E-state index contributed by atoms with van der Waals surface area (Å²) in [7, 11) is -4.06. The molecule has 124 valence electrons. The van der Waals surface area contributed by atoms with E-state index in [1.165, 1.54) is 23.9 Å². The minimum atomic E-state index is -4.06. The van der Waals surface area contributed by atoms with Crippen LogP contribution in [0, 0.1) is 12.7 Å². The van der Waals surface area contributed by atoms with Crippen LogP contribution >= 0.6 is 11.6 Å². The number of aryl methyl sites for hydroxylation is 1. The predicted molar refractivity (Wildman–Crippen MR) is 88.3 cm³/mol. The highest BCUT2D eigenvalue weighted by Crippen LogP contribution is 2.26. The molecule has 0 aliphatic heterocycles. The van der Waals surface area contributed by atoms with E-state index in [1.54, 1.807) is 24.3 Å². The summed E-state index contributed by atoms with van der Waals surface area (Å²) in [6.45, 7) is 1.46. The highest BCUT2D eigenvalue weighted by molar-refractivity contribution is 7.92. The fraction of sp³-hybridized carbons (Fsp3) is 0.0667. The molecule has 1 aromatic heterocycles. The predicted octanol–water partition coefficient (Wildman–Crippen LogP) is 3.17. The van der Waals surface area contributed by atoms with E-state index in [4.69, 9.17) is 11.6 Å². The van der Waals surface area contributed by atoms with E-state index in [-0.39, 0.29) is 21.4 Å². The minimum absolute atomic E-state index is 0.000699.